The minimum absolute atomic E-state index is 0.0109. The molecule has 2 aromatic heterocycles. The van der Waals surface area contributed by atoms with Gasteiger partial charge in [-0.1, -0.05) is 0 Å². The third-order valence-corrected chi connectivity index (χ3v) is 5.47. The molecule has 1 aliphatic rings. The van der Waals surface area contributed by atoms with Crippen molar-refractivity contribution in [2.75, 3.05) is 24.7 Å². The van der Waals surface area contributed by atoms with E-state index in [9.17, 15) is 26.4 Å². The van der Waals surface area contributed by atoms with Crippen molar-refractivity contribution in [2.24, 2.45) is 5.92 Å². The molecule has 3 heterocycles. The molecular formula is C14H16F3N5O3S. The third kappa shape index (κ3) is 3.96. The van der Waals surface area contributed by atoms with E-state index in [4.69, 9.17) is 0 Å². The van der Waals surface area contributed by atoms with E-state index in [0.717, 1.165) is 16.8 Å². The van der Waals surface area contributed by atoms with Crippen LogP contribution in [0, 0.1) is 5.92 Å². The summed E-state index contributed by atoms with van der Waals surface area (Å²) in [6.07, 6.45) is -0.219. The van der Waals surface area contributed by atoms with Gasteiger partial charge in [0.05, 0.1) is 24.3 Å². The average molecular weight is 391 g/mol. The molecule has 1 fully saturated rings. The number of amides is 1. The standard InChI is InChI=1S/C14H16F3N5O3S/c1-26(24,25)21-4-2-9(3-5-21)13(23)19-10-7-18-12-6-11(14(15,16)17)20-22(12)8-10/h6-9H,2-5H2,1H3,(H,19,23). The molecule has 1 amide bonds. The van der Waals surface area contributed by atoms with Crippen LogP contribution in [0.2, 0.25) is 0 Å². The van der Waals surface area contributed by atoms with E-state index >= 15 is 0 Å². The van der Waals surface area contributed by atoms with Crippen LogP contribution in [-0.4, -0.2) is 52.6 Å². The quantitative estimate of drug-likeness (QED) is 0.852. The first kappa shape index (κ1) is 18.6. The summed E-state index contributed by atoms with van der Waals surface area (Å²) in [5, 5.41) is 6.00. The molecule has 1 N–H and O–H groups in total. The summed E-state index contributed by atoms with van der Waals surface area (Å²) in [7, 11) is -3.28. The number of nitrogens with one attached hydrogen (secondary N) is 1. The molecule has 0 spiro atoms. The Balaban J connectivity index is 1.68. The minimum atomic E-state index is -4.58. The number of carbonyl (C=O) groups excluding carboxylic acids is 1. The Morgan fingerprint density at radius 1 is 1.31 bits per heavy atom. The topological polar surface area (TPSA) is 96.7 Å². The number of halogens is 3. The Morgan fingerprint density at radius 2 is 1.96 bits per heavy atom. The lowest BCUT2D eigenvalue weighted by Gasteiger charge is -2.29. The van der Waals surface area contributed by atoms with Crippen LogP contribution in [0.3, 0.4) is 0 Å². The summed E-state index contributed by atoms with van der Waals surface area (Å²) in [4.78, 5) is 16.2. The van der Waals surface area contributed by atoms with Crippen molar-refractivity contribution < 1.29 is 26.4 Å². The van der Waals surface area contributed by atoms with Gasteiger partial charge in [-0.05, 0) is 12.8 Å². The summed E-state index contributed by atoms with van der Waals surface area (Å²) in [6, 6.07) is 0.812. The normalized spacial score (nSPS) is 17.5. The SMILES string of the molecule is CS(=O)(=O)N1CCC(C(=O)Nc2cnc3cc(C(F)(F)F)nn3c2)CC1. The molecule has 8 nitrogen and oxygen atoms in total. The van der Waals surface area contributed by atoms with Crippen LogP contribution in [0.25, 0.3) is 5.65 Å². The van der Waals surface area contributed by atoms with E-state index in [-0.39, 0.29) is 36.2 Å². The molecule has 0 saturated carbocycles. The zero-order valence-electron chi connectivity index (χ0n) is 13.7. The number of rotatable bonds is 3. The Labute approximate surface area is 147 Å². The number of alkyl halides is 3. The van der Waals surface area contributed by atoms with Gasteiger partial charge < -0.3 is 5.32 Å². The molecule has 0 unspecified atom stereocenters. The molecule has 0 aromatic carbocycles. The van der Waals surface area contributed by atoms with Gasteiger partial charge in [0.25, 0.3) is 0 Å². The van der Waals surface area contributed by atoms with Gasteiger partial charge in [-0.3, -0.25) is 4.79 Å². The molecule has 3 rings (SSSR count). The maximum absolute atomic E-state index is 12.7. The van der Waals surface area contributed by atoms with Gasteiger partial charge in [-0.25, -0.2) is 22.2 Å². The molecule has 1 saturated heterocycles. The van der Waals surface area contributed by atoms with Gasteiger partial charge >= 0.3 is 6.18 Å². The van der Waals surface area contributed by atoms with Crippen LogP contribution < -0.4 is 5.32 Å². The first-order valence-electron chi connectivity index (χ1n) is 7.72. The van der Waals surface area contributed by atoms with E-state index < -0.39 is 21.9 Å². The van der Waals surface area contributed by atoms with Gasteiger partial charge in [0, 0.05) is 25.1 Å². The zero-order chi connectivity index (χ0) is 19.1. The van der Waals surface area contributed by atoms with Gasteiger partial charge in [-0.15, -0.1) is 0 Å². The zero-order valence-corrected chi connectivity index (χ0v) is 14.5. The summed E-state index contributed by atoms with van der Waals surface area (Å²) in [5.74, 6) is -0.713. The monoisotopic (exact) mass is 391 g/mol. The Kier molecular flexibility index (Phi) is 4.65. The summed E-state index contributed by atoms with van der Waals surface area (Å²) in [6.45, 7) is 0.505. The molecule has 0 bridgehead atoms. The van der Waals surface area contributed by atoms with Crippen molar-refractivity contribution in [2.45, 2.75) is 19.0 Å². The van der Waals surface area contributed by atoms with Crippen LogP contribution >= 0.6 is 0 Å². The van der Waals surface area contributed by atoms with E-state index in [1.807, 2.05) is 0 Å². The summed E-state index contributed by atoms with van der Waals surface area (Å²) < 4.78 is 63.2. The van der Waals surface area contributed by atoms with Crippen molar-refractivity contribution in [3.63, 3.8) is 0 Å². The number of sulfonamides is 1. The van der Waals surface area contributed by atoms with Crippen molar-refractivity contribution in [1.82, 2.24) is 18.9 Å². The maximum Gasteiger partial charge on any atom is 0.435 e. The lowest BCUT2D eigenvalue weighted by molar-refractivity contribution is -0.141. The molecule has 12 heteroatoms. The van der Waals surface area contributed by atoms with Gasteiger partial charge in [0.2, 0.25) is 15.9 Å². The van der Waals surface area contributed by atoms with Crippen LogP contribution in [0.15, 0.2) is 18.5 Å². The highest BCUT2D eigenvalue weighted by molar-refractivity contribution is 7.88. The molecule has 0 aliphatic carbocycles. The summed E-state index contributed by atoms with van der Waals surface area (Å²) >= 11 is 0. The fourth-order valence-electron chi connectivity index (χ4n) is 2.77. The van der Waals surface area contributed by atoms with Crippen molar-refractivity contribution in [3.05, 3.63) is 24.2 Å². The van der Waals surface area contributed by atoms with E-state index in [1.165, 1.54) is 16.7 Å². The first-order chi connectivity index (χ1) is 12.0. The van der Waals surface area contributed by atoms with Crippen LogP contribution in [0.5, 0.6) is 0 Å². The minimum Gasteiger partial charge on any atom is -0.323 e. The molecule has 0 atom stereocenters. The largest absolute Gasteiger partial charge is 0.435 e. The van der Waals surface area contributed by atoms with Crippen LogP contribution in [0.4, 0.5) is 18.9 Å². The van der Waals surface area contributed by atoms with Crippen molar-refractivity contribution in [1.29, 1.82) is 0 Å². The highest BCUT2D eigenvalue weighted by atomic mass is 32.2. The highest BCUT2D eigenvalue weighted by Gasteiger charge is 2.34. The van der Waals surface area contributed by atoms with Gasteiger partial charge in [0.1, 0.15) is 0 Å². The van der Waals surface area contributed by atoms with Crippen LogP contribution in [0.1, 0.15) is 18.5 Å². The number of aromatic nitrogens is 3. The van der Waals surface area contributed by atoms with E-state index in [2.05, 4.69) is 15.4 Å². The number of piperidine rings is 1. The Bertz CT molecular complexity index is 933. The summed E-state index contributed by atoms with van der Waals surface area (Å²) in [5.41, 5.74) is -0.844. The van der Waals surface area contributed by atoms with E-state index in [0.29, 0.717) is 12.8 Å². The number of hydrogen-bond acceptors (Lipinski definition) is 5. The lowest BCUT2D eigenvalue weighted by Crippen LogP contribution is -2.40. The fraction of sp³-hybridized carbons (Fsp3) is 0.500. The number of fused-ring (bicyclic) bond motifs is 1. The Morgan fingerprint density at radius 3 is 2.54 bits per heavy atom. The number of carbonyl (C=O) groups is 1. The third-order valence-electron chi connectivity index (χ3n) is 4.16. The molecular weight excluding hydrogens is 375 g/mol. The molecule has 2 aromatic rings. The number of anilines is 1. The second-order valence-electron chi connectivity index (χ2n) is 6.10. The van der Waals surface area contributed by atoms with Crippen molar-refractivity contribution >= 4 is 27.3 Å². The predicted molar refractivity (Wildman–Crippen MR) is 85.8 cm³/mol. The van der Waals surface area contributed by atoms with Crippen LogP contribution in [-0.2, 0) is 21.0 Å². The molecule has 26 heavy (non-hydrogen) atoms. The molecule has 142 valence electrons. The first-order valence-corrected chi connectivity index (χ1v) is 9.57. The van der Waals surface area contributed by atoms with Gasteiger partial charge in [-0.2, -0.15) is 18.3 Å². The highest BCUT2D eigenvalue weighted by Crippen LogP contribution is 2.28. The lowest BCUT2D eigenvalue weighted by atomic mass is 9.97. The number of nitrogens with zero attached hydrogens (tertiary/aromatic N) is 4. The average Bonchev–Trinajstić information content (AvgIpc) is 2.98. The second kappa shape index (κ2) is 6.50. The predicted octanol–water partition coefficient (Wildman–Crippen LogP) is 1.36. The second-order valence-corrected chi connectivity index (χ2v) is 8.08. The maximum atomic E-state index is 12.7. The smallest absolute Gasteiger partial charge is 0.323 e. The van der Waals surface area contributed by atoms with E-state index in [1.54, 1.807) is 0 Å². The Hall–Kier alpha value is -2.21. The number of hydrogen-bond donors (Lipinski definition) is 1. The fourth-order valence-corrected chi connectivity index (χ4v) is 3.65. The van der Waals surface area contributed by atoms with Gasteiger partial charge in [0.15, 0.2) is 11.3 Å². The molecule has 0 radical (unpaired) electrons. The van der Waals surface area contributed by atoms with Crippen molar-refractivity contribution in [3.8, 4) is 0 Å². The molecule has 1 aliphatic heterocycles.